The summed E-state index contributed by atoms with van der Waals surface area (Å²) in [6, 6.07) is 8.51. The van der Waals surface area contributed by atoms with E-state index in [1.54, 1.807) is 31.2 Å². The van der Waals surface area contributed by atoms with E-state index in [0.717, 1.165) is 16.8 Å². The van der Waals surface area contributed by atoms with Crippen LogP contribution < -0.4 is 10.3 Å². The Morgan fingerprint density at radius 3 is 2.84 bits per heavy atom. The molecule has 9 heteroatoms. The first-order valence-corrected chi connectivity index (χ1v) is 7.58. The Kier molecular flexibility index (Phi) is 4.62. The Balaban J connectivity index is 2.12. The Labute approximate surface area is 145 Å². The van der Waals surface area contributed by atoms with Gasteiger partial charge in [0.1, 0.15) is 11.2 Å². The molecule has 0 spiro atoms. The maximum atomic E-state index is 14.3. The van der Waals surface area contributed by atoms with E-state index in [4.69, 9.17) is 16.3 Å². The number of fused-ring (bicyclic) bond motifs is 1. The molecule has 0 saturated heterocycles. The number of hydrogen-bond acceptors (Lipinski definition) is 6. The van der Waals surface area contributed by atoms with Gasteiger partial charge in [-0.2, -0.15) is 4.68 Å². The highest BCUT2D eigenvalue weighted by molar-refractivity contribution is 6.32. The van der Waals surface area contributed by atoms with Gasteiger partial charge in [-0.05, 0) is 25.1 Å². The summed E-state index contributed by atoms with van der Waals surface area (Å²) >= 11 is 5.87. The minimum Gasteiger partial charge on any atom is -0.434 e. The summed E-state index contributed by atoms with van der Waals surface area (Å²) < 4.78 is 24.6. The highest BCUT2D eigenvalue weighted by Crippen LogP contribution is 2.29. The molecule has 1 heterocycles. The average Bonchev–Trinajstić information content (AvgIpc) is 2.59. The molecule has 0 aliphatic rings. The summed E-state index contributed by atoms with van der Waals surface area (Å²) in [5.41, 5.74) is -0.457. The maximum absolute atomic E-state index is 14.3. The van der Waals surface area contributed by atoms with Crippen LogP contribution in [0.2, 0.25) is 5.02 Å². The van der Waals surface area contributed by atoms with Crippen molar-refractivity contribution in [2.24, 2.45) is 0 Å². The highest BCUT2D eigenvalue weighted by Gasteiger charge is 2.17. The molecule has 0 amide bonds. The molecule has 0 atom stereocenters. The molecule has 25 heavy (non-hydrogen) atoms. The van der Waals surface area contributed by atoms with Crippen molar-refractivity contribution in [1.82, 2.24) is 15.0 Å². The third-order valence-corrected chi connectivity index (χ3v) is 3.55. The molecule has 0 bridgehead atoms. The molecule has 0 unspecified atom stereocenters. The largest absolute Gasteiger partial charge is 0.513 e. The van der Waals surface area contributed by atoms with Crippen molar-refractivity contribution >= 4 is 28.7 Å². The molecule has 0 aliphatic heterocycles. The van der Waals surface area contributed by atoms with Gasteiger partial charge < -0.3 is 9.47 Å². The zero-order chi connectivity index (χ0) is 18.0. The van der Waals surface area contributed by atoms with Crippen LogP contribution in [-0.2, 0) is 4.74 Å². The Bertz CT molecular complexity index is 1020. The van der Waals surface area contributed by atoms with Crippen LogP contribution in [0.25, 0.3) is 16.6 Å². The fourth-order valence-electron chi connectivity index (χ4n) is 2.14. The molecule has 2 aromatic carbocycles. The standard InChI is InChI=1S/C16H11ClFN3O4/c1-2-24-16(23)25-14-8-13(11(18)7-10(14)17)21-15(22)9-5-3-4-6-12(9)19-20-21/h3-8H,2H2,1H3. The van der Waals surface area contributed by atoms with Gasteiger partial charge in [-0.1, -0.05) is 28.9 Å². The number of aromatic nitrogens is 3. The second-order valence-corrected chi connectivity index (χ2v) is 5.25. The van der Waals surface area contributed by atoms with Gasteiger partial charge in [-0.25, -0.2) is 9.18 Å². The number of carbonyl (C=O) groups excluding carboxylic acids is 1. The van der Waals surface area contributed by atoms with Crippen LogP contribution in [0, 0.1) is 5.82 Å². The second-order valence-electron chi connectivity index (χ2n) is 4.84. The van der Waals surface area contributed by atoms with E-state index < -0.39 is 17.5 Å². The summed E-state index contributed by atoms with van der Waals surface area (Å²) in [5, 5.41) is 7.71. The topological polar surface area (TPSA) is 83.3 Å². The summed E-state index contributed by atoms with van der Waals surface area (Å²) in [4.78, 5) is 24.0. The van der Waals surface area contributed by atoms with E-state index in [9.17, 15) is 14.0 Å². The Morgan fingerprint density at radius 2 is 2.08 bits per heavy atom. The number of ether oxygens (including phenoxy) is 2. The van der Waals surface area contributed by atoms with Gasteiger partial charge in [0.05, 0.1) is 17.0 Å². The predicted octanol–water partition coefficient (Wildman–Crippen LogP) is 3.11. The number of benzene rings is 2. The van der Waals surface area contributed by atoms with Gasteiger partial charge in [-0.3, -0.25) is 4.79 Å². The molecule has 0 radical (unpaired) electrons. The van der Waals surface area contributed by atoms with Crippen molar-refractivity contribution in [1.29, 1.82) is 0 Å². The minimum atomic E-state index is -1.00. The lowest BCUT2D eigenvalue weighted by molar-refractivity contribution is 0.104. The minimum absolute atomic E-state index is 0.0973. The zero-order valence-electron chi connectivity index (χ0n) is 12.9. The van der Waals surface area contributed by atoms with Crippen LogP contribution in [0.5, 0.6) is 5.75 Å². The number of nitrogens with zero attached hydrogens (tertiary/aromatic N) is 3. The number of carbonyl (C=O) groups is 1. The Morgan fingerprint density at radius 1 is 1.32 bits per heavy atom. The first-order chi connectivity index (χ1) is 12.0. The summed E-state index contributed by atoms with van der Waals surface area (Å²) in [5.74, 6) is -0.994. The lowest BCUT2D eigenvalue weighted by Gasteiger charge is -2.10. The van der Waals surface area contributed by atoms with Gasteiger partial charge >= 0.3 is 6.16 Å². The summed E-state index contributed by atoms with van der Waals surface area (Å²) in [7, 11) is 0. The normalized spacial score (nSPS) is 10.7. The number of hydrogen-bond donors (Lipinski definition) is 0. The first-order valence-electron chi connectivity index (χ1n) is 7.20. The maximum Gasteiger partial charge on any atom is 0.513 e. The van der Waals surface area contributed by atoms with E-state index in [-0.39, 0.29) is 28.5 Å². The predicted molar refractivity (Wildman–Crippen MR) is 87.8 cm³/mol. The average molecular weight is 364 g/mol. The van der Waals surface area contributed by atoms with Crippen LogP contribution in [0.1, 0.15) is 6.92 Å². The van der Waals surface area contributed by atoms with Gasteiger partial charge in [0, 0.05) is 6.07 Å². The summed E-state index contributed by atoms with van der Waals surface area (Å²) in [6.07, 6.45) is -1.00. The van der Waals surface area contributed by atoms with E-state index in [1.165, 1.54) is 0 Å². The molecule has 0 aliphatic carbocycles. The van der Waals surface area contributed by atoms with E-state index in [1.807, 2.05) is 0 Å². The third kappa shape index (κ3) is 3.29. The van der Waals surface area contributed by atoms with E-state index in [0.29, 0.717) is 5.52 Å². The van der Waals surface area contributed by atoms with Gasteiger partial charge in [-0.15, -0.1) is 5.10 Å². The molecule has 3 rings (SSSR count). The molecule has 7 nitrogen and oxygen atoms in total. The van der Waals surface area contributed by atoms with E-state index >= 15 is 0 Å². The second kappa shape index (κ2) is 6.86. The van der Waals surface area contributed by atoms with Crippen LogP contribution in [0.15, 0.2) is 41.2 Å². The number of rotatable bonds is 3. The van der Waals surface area contributed by atoms with Crippen molar-refractivity contribution in [3.63, 3.8) is 0 Å². The fraction of sp³-hybridized carbons (Fsp3) is 0.125. The van der Waals surface area contributed by atoms with Crippen molar-refractivity contribution in [3.8, 4) is 11.4 Å². The van der Waals surface area contributed by atoms with Crippen LogP contribution in [-0.4, -0.2) is 27.8 Å². The monoisotopic (exact) mass is 363 g/mol. The Hall–Kier alpha value is -3.00. The van der Waals surface area contributed by atoms with Crippen molar-refractivity contribution in [2.75, 3.05) is 6.61 Å². The zero-order valence-corrected chi connectivity index (χ0v) is 13.7. The van der Waals surface area contributed by atoms with E-state index in [2.05, 4.69) is 15.0 Å². The van der Waals surface area contributed by atoms with Crippen molar-refractivity contribution < 1.29 is 18.7 Å². The number of halogens is 2. The molecule has 1 aromatic heterocycles. The molecule has 0 N–H and O–H groups in total. The van der Waals surface area contributed by atoms with Crippen molar-refractivity contribution in [3.05, 3.63) is 57.6 Å². The molecule has 128 valence electrons. The smallest absolute Gasteiger partial charge is 0.434 e. The highest BCUT2D eigenvalue weighted by atomic mass is 35.5. The molecule has 0 saturated carbocycles. The molecule has 0 fully saturated rings. The molecular weight excluding hydrogens is 353 g/mol. The van der Waals surface area contributed by atoms with Crippen molar-refractivity contribution in [2.45, 2.75) is 6.92 Å². The lowest BCUT2D eigenvalue weighted by atomic mass is 10.2. The van der Waals surface area contributed by atoms with Gasteiger partial charge in [0.2, 0.25) is 0 Å². The molecule has 3 aromatic rings. The third-order valence-electron chi connectivity index (χ3n) is 3.25. The van der Waals surface area contributed by atoms with Crippen LogP contribution in [0.4, 0.5) is 9.18 Å². The molecular formula is C16H11ClFN3O4. The van der Waals surface area contributed by atoms with Gasteiger partial charge in [0.15, 0.2) is 11.6 Å². The van der Waals surface area contributed by atoms with Crippen LogP contribution >= 0.6 is 11.6 Å². The quantitative estimate of drug-likeness (QED) is 0.525. The first kappa shape index (κ1) is 16.8. The SMILES string of the molecule is CCOC(=O)Oc1cc(-n2nnc3ccccc3c2=O)c(F)cc1Cl. The van der Waals surface area contributed by atoms with Crippen LogP contribution in [0.3, 0.4) is 0 Å². The van der Waals surface area contributed by atoms with Gasteiger partial charge in [0.25, 0.3) is 5.56 Å². The summed E-state index contributed by atoms with van der Waals surface area (Å²) in [6.45, 7) is 1.70. The lowest BCUT2D eigenvalue weighted by Crippen LogP contribution is -2.23. The fourth-order valence-corrected chi connectivity index (χ4v) is 2.33.